The van der Waals surface area contributed by atoms with Crippen LogP contribution in [-0.2, 0) is 23.9 Å². The lowest BCUT2D eigenvalue weighted by Gasteiger charge is -2.11. The van der Waals surface area contributed by atoms with Crippen LogP contribution in [0.3, 0.4) is 0 Å². The van der Waals surface area contributed by atoms with Gasteiger partial charge in [-0.3, -0.25) is 4.79 Å². The standard InChI is InChI=1S/C17H15ClF3NO2/c18-15-7-3-12(9-14(15)17(19,20)21)10-22-16(24)8-4-11-1-5-13(23)6-2-11/h1-3,5-7,9,23H,4,8,10H2,(H,22,24). The summed E-state index contributed by atoms with van der Waals surface area (Å²) in [7, 11) is 0. The molecule has 2 aromatic rings. The zero-order valence-electron chi connectivity index (χ0n) is 12.5. The fourth-order valence-electron chi connectivity index (χ4n) is 2.11. The molecular weight excluding hydrogens is 343 g/mol. The Kier molecular flexibility index (Phi) is 5.72. The molecule has 24 heavy (non-hydrogen) atoms. The first-order chi connectivity index (χ1) is 11.3. The number of rotatable bonds is 5. The third-order valence-electron chi connectivity index (χ3n) is 3.40. The number of nitrogens with one attached hydrogen (secondary N) is 1. The quantitative estimate of drug-likeness (QED) is 0.837. The van der Waals surface area contributed by atoms with Crippen LogP contribution in [0.2, 0.25) is 5.02 Å². The number of halogens is 4. The Morgan fingerprint density at radius 3 is 2.33 bits per heavy atom. The van der Waals surface area contributed by atoms with Crippen LogP contribution in [0.4, 0.5) is 13.2 Å². The lowest BCUT2D eigenvalue weighted by atomic mass is 10.1. The first kappa shape index (κ1) is 18.1. The monoisotopic (exact) mass is 357 g/mol. The fourth-order valence-corrected chi connectivity index (χ4v) is 2.33. The van der Waals surface area contributed by atoms with Crippen LogP contribution in [0, 0.1) is 0 Å². The van der Waals surface area contributed by atoms with E-state index in [9.17, 15) is 23.1 Å². The van der Waals surface area contributed by atoms with Gasteiger partial charge < -0.3 is 10.4 Å². The molecule has 0 aromatic heterocycles. The van der Waals surface area contributed by atoms with Crippen molar-refractivity contribution in [1.82, 2.24) is 5.32 Å². The minimum Gasteiger partial charge on any atom is -0.508 e. The van der Waals surface area contributed by atoms with E-state index in [-0.39, 0.29) is 29.6 Å². The van der Waals surface area contributed by atoms with Crippen molar-refractivity contribution >= 4 is 17.5 Å². The van der Waals surface area contributed by atoms with Gasteiger partial charge in [-0.15, -0.1) is 0 Å². The molecule has 2 aromatic carbocycles. The molecule has 0 spiro atoms. The molecule has 0 unspecified atom stereocenters. The molecule has 0 radical (unpaired) electrons. The molecule has 0 aliphatic rings. The zero-order chi connectivity index (χ0) is 17.7. The van der Waals surface area contributed by atoms with Crippen molar-refractivity contribution in [2.75, 3.05) is 0 Å². The smallest absolute Gasteiger partial charge is 0.417 e. The van der Waals surface area contributed by atoms with E-state index in [2.05, 4.69) is 5.32 Å². The number of phenols is 1. The Hall–Kier alpha value is -2.21. The molecule has 7 heteroatoms. The van der Waals surface area contributed by atoms with Gasteiger partial charge in [-0.25, -0.2) is 0 Å². The number of carbonyl (C=O) groups is 1. The molecule has 0 aliphatic heterocycles. The second-order valence-electron chi connectivity index (χ2n) is 5.26. The topological polar surface area (TPSA) is 49.3 Å². The summed E-state index contributed by atoms with van der Waals surface area (Å²) >= 11 is 5.55. The van der Waals surface area contributed by atoms with E-state index in [1.165, 1.54) is 24.3 Å². The number of hydrogen-bond acceptors (Lipinski definition) is 2. The normalized spacial score (nSPS) is 11.3. The van der Waals surface area contributed by atoms with Crippen LogP contribution < -0.4 is 5.32 Å². The van der Waals surface area contributed by atoms with Crippen molar-refractivity contribution in [2.24, 2.45) is 0 Å². The summed E-state index contributed by atoms with van der Waals surface area (Å²) in [5.74, 6) is -0.127. The maximum absolute atomic E-state index is 12.8. The van der Waals surface area contributed by atoms with Crippen LogP contribution in [0.25, 0.3) is 0 Å². The van der Waals surface area contributed by atoms with Crippen LogP contribution in [-0.4, -0.2) is 11.0 Å². The molecule has 0 heterocycles. The lowest BCUT2D eigenvalue weighted by molar-refractivity contribution is -0.137. The van der Waals surface area contributed by atoms with Gasteiger partial charge in [0, 0.05) is 13.0 Å². The van der Waals surface area contributed by atoms with Crippen molar-refractivity contribution in [1.29, 1.82) is 0 Å². The van der Waals surface area contributed by atoms with E-state index < -0.39 is 11.7 Å². The molecular formula is C17H15ClF3NO2. The van der Waals surface area contributed by atoms with Gasteiger partial charge in [-0.2, -0.15) is 13.2 Å². The average Bonchev–Trinajstić information content (AvgIpc) is 2.52. The Bertz CT molecular complexity index is 715. The van der Waals surface area contributed by atoms with Gasteiger partial charge >= 0.3 is 6.18 Å². The Morgan fingerprint density at radius 2 is 1.71 bits per heavy atom. The zero-order valence-corrected chi connectivity index (χ0v) is 13.3. The van der Waals surface area contributed by atoms with Crippen LogP contribution >= 0.6 is 11.6 Å². The van der Waals surface area contributed by atoms with Crippen molar-refractivity contribution < 1.29 is 23.1 Å². The third kappa shape index (κ3) is 5.16. The highest BCUT2D eigenvalue weighted by molar-refractivity contribution is 6.31. The first-order valence-electron chi connectivity index (χ1n) is 7.16. The molecule has 2 N–H and O–H groups in total. The molecule has 3 nitrogen and oxygen atoms in total. The molecule has 1 amide bonds. The molecule has 0 atom stereocenters. The summed E-state index contributed by atoms with van der Waals surface area (Å²) in [6, 6.07) is 10.0. The fraction of sp³-hybridized carbons (Fsp3) is 0.235. The number of carbonyl (C=O) groups excluding carboxylic acids is 1. The van der Waals surface area contributed by atoms with Gasteiger partial charge in [-0.05, 0) is 41.8 Å². The molecule has 0 bridgehead atoms. The van der Waals surface area contributed by atoms with E-state index in [1.54, 1.807) is 12.1 Å². The largest absolute Gasteiger partial charge is 0.508 e. The molecule has 0 aliphatic carbocycles. The summed E-state index contributed by atoms with van der Waals surface area (Å²) in [4.78, 5) is 11.8. The summed E-state index contributed by atoms with van der Waals surface area (Å²) in [5, 5.41) is 11.4. The molecule has 0 saturated carbocycles. The predicted molar refractivity (Wildman–Crippen MR) is 84.7 cm³/mol. The molecule has 0 saturated heterocycles. The van der Waals surface area contributed by atoms with Gasteiger partial charge in [0.05, 0.1) is 10.6 Å². The highest BCUT2D eigenvalue weighted by Crippen LogP contribution is 2.35. The Labute approximate surface area is 142 Å². The molecule has 2 rings (SSSR count). The van der Waals surface area contributed by atoms with Gasteiger partial charge in [0.25, 0.3) is 0 Å². The van der Waals surface area contributed by atoms with Crippen molar-refractivity contribution in [3.63, 3.8) is 0 Å². The van der Waals surface area contributed by atoms with E-state index in [1.807, 2.05) is 0 Å². The minimum atomic E-state index is -4.53. The summed E-state index contributed by atoms with van der Waals surface area (Å²) in [5.41, 5.74) is 0.290. The highest BCUT2D eigenvalue weighted by Gasteiger charge is 2.33. The van der Waals surface area contributed by atoms with Crippen LogP contribution in [0.1, 0.15) is 23.1 Å². The average molecular weight is 358 g/mol. The first-order valence-corrected chi connectivity index (χ1v) is 7.54. The number of alkyl halides is 3. The van der Waals surface area contributed by atoms with E-state index >= 15 is 0 Å². The SMILES string of the molecule is O=C(CCc1ccc(O)cc1)NCc1ccc(Cl)c(C(F)(F)F)c1. The van der Waals surface area contributed by atoms with Gasteiger partial charge in [0.2, 0.25) is 5.91 Å². The number of hydrogen-bond donors (Lipinski definition) is 2. The van der Waals surface area contributed by atoms with Crippen LogP contribution in [0.5, 0.6) is 5.75 Å². The number of phenolic OH excluding ortho intramolecular Hbond substituents is 1. The van der Waals surface area contributed by atoms with Gasteiger partial charge in [0.1, 0.15) is 5.75 Å². The predicted octanol–water partition coefficient (Wildman–Crippen LogP) is 4.31. The lowest BCUT2D eigenvalue weighted by Crippen LogP contribution is -2.23. The summed E-state index contributed by atoms with van der Waals surface area (Å²) < 4.78 is 38.3. The second-order valence-corrected chi connectivity index (χ2v) is 5.66. The number of amides is 1. The molecule has 128 valence electrons. The Balaban J connectivity index is 1.88. The van der Waals surface area contributed by atoms with E-state index in [4.69, 9.17) is 11.6 Å². The van der Waals surface area contributed by atoms with Gasteiger partial charge in [0.15, 0.2) is 0 Å². The number of aryl methyl sites for hydroxylation is 1. The van der Waals surface area contributed by atoms with E-state index in [0.29, 0.717) is 12.0 Å². The maximum atomic E-state index is 12.8. The van der Waals surface area contributed by atoms with Gasteiger partial charge in [-0.1, -0.05) is 29.8 Å². The summed E-state index contributed by atoms with van der Waals surface area (Å²) in [6.07, 6.45) is -3.86. The third-order valence-corrected chi connectivity index (χ3v) is 3.73. The van der Waals surface area contributed by atoms with E-state index in [0.717, 1.165) is 11.6 Å². The summed E-state index contributed by atoms with van der Waals surface area (Å²) in [6.45, 7) is -0.00530. The van der Waals surface area contributed by atoms with Crippen molar-refractivity contribution in [3.8, 4) is 5.75 Å². The highest BCUT2D eigenvalue weighted by atomic mass is 35.5. The number of aromatic hydroxyl groups is 1. The van der Waals surface area contributed by atoms with Crippen molar-refractivity contribution in [3.05, 3.63) is 64.2 Å². The van der Waals surface area contributed by atoms with Crippen molar-refractivity contribution in [2.45, 2.75) is 25.6 Å². The number of benzene rings is 2. The molecule has 0 fully saturated rings. The second kappa shape index (κ2) is 7.57. The van der Waals surface area contributed by atoms with Crippen LogP contribution in [0.15, 0.2) is 42.5 Å². The minimum absolute atomic E-state index is 0.00530. The maximum Gasteiger partial charge on any atom is 0.417 e. The Morgan fingerprint density at radius 1 is 1.08 bits per heavy atom.